The van der Waals surface area contributed by atoms with E-state index in [9.17, 15) is 9.90 Å². The minimum absolute atomic E-state index is 0.130. The zero-order chi connectivity index (χ0) is 16.9. The number of fused-ring (bicyclic) bond motifs is 3. The van der Waals surface area contributed by atoms with Gasteiger partial charge in [0.25, 0.3) is 5.91 Å². The first-order valence-corrected chi connectivity index (χ1v) is 8.77. The molecule has 5 nitrogen and oxygen atoms in total. The molecule has 1 aromatic carbocycles. The molecule has 4 rings (SSSR count). The highest BCUT2D eigenvalue weighted by molar-refractivity contribution is 5.88. The zero-order valence-corrected chi connectivity index (χ0v) is 14.4. The third-order valence-corrected chi connectivity index (χ3v) is 5.61. The molecule has 0 spiro atoms. The quantitative estimate of drug-likeness (QED) is 0.884. The number of benzene rings is 1. The van der Waals surface area contributed by atoms with Crippen LogP contribution in [0.2, 0.25) is 0 Å². The number of β-amino-alcohol motifs (C(OH)–C–C–N with tert-alkyl or cyclic N) is 1. The second-order valence-electron chi connectivity index (χ2n) is 7.40. The Kier molecular flexibility index (Phi) is 3.66. The van der Waals surface area contributed by atoms with Gasteiger partial charge in [0.1, 0.15) is 0 Å². The molecule has 24 heavy (non-hydrogen) atoms. The molecule has 2 aromatic rings. The Labute approximate surface area is 142 Å². The van der Waals surface area contributed by atoms with E-state index in [0.717, 1.165) is 32.5 Å². The van der Waals surface area contributed by atoms with Crippen molar-refractivity contribution in [1.82, 2.24) is 14.8 Å². The number of hydrogen-bond donors (Lipinski definition) is 2. The van der Waals surface area contributed by atoms with Crippen LogP contribution in [0.1, 0.15) is 29.7 Å². The Morgan fingerprint density at radius 3 is 3.00 bits per heavy atom. The van der Waals surface area contributed by atoms with Gasteiger partial charge in [0.15, 0.2) is 5.60 Å². The van der Waals surface area contributed by atoms with Crippen LogP contribution in [0.25, 0.3) is 10.9 Å². The van der Waals surface area contributed by atoms with Crippen molar-refractivity contribution in [1.29, 1.82) is 0 Å². The number of aliphatic hydroxyl groups is 1. The number of rotatable bonds is 2. The van der Waals surface area contributed by atoms with Crippen LogP contribution in [0, 0.1) is 6.92 Å². The molecule has 0 bridgehead atoms. The topological polar surface area (TPSA) is 59.6 Å². The van der Waals surface area contributed by atoms with Crippen molar-refractivity contribution in [2.45, 2.75) is 38.3 Å². The van der Waals surface area contributed by atoms with Crippen LogP contribution in [0.4, 0.5) is 0 Å². The molecule has 1 amide bonds. The minimum Gasteiger partial charge on any atom is -0.379 e. The van der Waals surface area contributed by atoms with Crippen molar-refractivity contribution in [3.63, 3.8) is 0 Å². The van der Waals surface area contributed by atoms with E-state index in [1.165, 1.54) is 27.7 Å². The number of nitrogens with one attached hydrogen (secondary N) is 1. The lowest BCUT2D eigenvalue weighted by Gasteiger charge is -2.40. The number of amides is 1. The zero-order valence-electron chi connectivity index (χ0n) is 14.4. The van der Waals surface area contributed by atoms with E-state index in [-0.39, 0.29) is 5.91 Å². The van der Waals surface area contributed by atoms with Gasteiger partial charge in [-0.25, -0.2) is 0 Å². The Morgan fingerprint density at radius 2 is 2.17 bits per heavy atom. The number of likely N-dealkylation sites (tertiary alicyclic amines) is 1. The van der Waals surface area contributed by atoms with Crippen molar-refractivity contribution in [3.05, 3.63) is 35.0 Å². The monoisotopic (exact) mass is 327 g/mol. The maximum absolute atomic E-state index is 12.4. The van der Waals surface area contributed by atoms with Crippen molar-refractivity contribution in [2.75, 3.05) is 26.7 Å². The molecule has 1 saturated heterocycles. The lowest BCUT2D eigenvalue weighted by molar-refractivity contribution is -0.158. The van der Waals surface area contributed by atoms with Gasteiger partial charge in [-0.15, -0.1) is 0 Å². The van der Waals surface area contributed by atoms with Gasteiger partial charge in [-0.2, -0.15) is 0 Å². The van der Waals surface area contributed by atoms with Gasteiger partial charge in [-0.1, -0.05) is 18.2 Å². The molecule has 2 aliphatic rings. The van der Waals surface area contributed by atoms with Gasteiger partial charge in [0.2, 0.25) is 0 Å². The van der Waals surface area contributed by atoms with E-state index in [4.69, 9.17) is 0 Å². The first-order valence-electron chi connectivity index (χ1n) is 8.77. The molecule has 0 aliphatic carbocycles. The number of carbonyl (C=O) groups excluding carboxylic acids is 1. The number of piperidine rings is 1. The van der Waals surface area contributed by atoms with Gasteiger partial charge in [-0.05, 0) is 30.9 Å². The molecule has 128 valence electrons. The molecule has 3 heterocycles. The summed E-state index contributed by atoms with van der Waals surface area (Å²) < 4.78 is 0. The lowest BCUT2D eigenvalue weighted by atomic mass is 9.90. The maximum Gasteiger partial charge on any atom is 0.255 e. The van der Waals surface area contributed by atoms with Crippen LogP contribution in [-0.2, 0) is 17.8 Å². The number of aromatic nitrogens is 1. The van der Waals surface area contributed by atoms with E-state index in [1.54, 1.807) is 11.9 Å². The molecule has 0 unspecified atom stereocenters. The van der Waals surface area contributed by atoms with Crippen LogP contribution < -0.4 is 0 Å². The highest BCUT2D eigenvalue weighted by atomic mass is 16.3. The maximum atomic E-state index is 12.4. The van der Waals surface area contributed by atoms with Gasteiger partial charge in [0, 0.05) is 56.2 Å². The Balaban J connectivity index is 1.59. The summed E-state index contributed by atoms with van der Waals surface area (Å²) in [4.78, 5) is 19.9. The summed E-state index contributed by atoms with van der Waals surface area (Å²) in [5, 5.41) is 12.1. The molecule has 1 atom stereocenters. The summed E-state index contributed by atoms with van der Waals surface area (Å²) >= 11 is 0. The number of aryl methyl sites for hydroxylation is 1. The molecule has 2 N–H and O–H groups in total. The highest BCUT2D eigenvalue weighted by Gasteiger charge is 2.42. The Morgan fingerprint density at radius 1 is 1.33 bits per heavy atom. The molecule has 1 fully saturated rings. The highest BCUT2D eigenvalue weighted by Crippen LogP contribution is 2.31. The summed E-state index contributed by atoms with van der Waals surface area (Å²) in [6.07, 6.45) is 2.36. The SMILES string of the molecule is Cc1cccc2c3c([nH]c12)CCN(C[C@@]1(O)CCCN(C)C1=O)C3. The smallest absolute Gasteiger partial charge is 0.255 e. The van der Waals surface area contributed by atoms with Crippen molar-refractivity contribution in [3.8, 4) is 0 Å². The second-order valence-corrected chi connectivity index (χ2v) is 7.40. The molecule has 5 heteroatoms. The summed E-state index contributed by atoms with van der Waals surface area (Å²) in [5.74, 6) is -0.130. The third kappa shape index (κ3) is 2.43. The number of likely N-dealkylation sites (N-methyl/N-ethyl adjacent to an activating group) is 1. The van der Waals surface area contributed by atoms with Gasteiger partial charge in [0.05, 0.1) is 0 Å². The fourth-order valence-electron chi connectivity index (χ4n) is 4.26. The van der Waals surface area contributed by atoms with E-state index >= 15 is 0 Å². The summed E-state index contributed by atoms with van der Waals surface area (Å²) in [6.45, 7) is 4.96. The number of H-pyrrole nitrogens is 1. The lowest BCUT2D eigenvalue weighted by Crippen LogP contribution is -2.57. The molecule has 0 radical (unpaired) electrons. The van der Waals surface area contributed by atoms with Gasteiger partial charge >= 0.3 is 0 Å². The number of nitrogens with zero attached hydrogens (tertiary/aromatic N) is 2. The van der Waals surface area contributed by atoms with E-state index in [0.29, 0.717) is 13.0 Å². The van der Waals surface area contributed by atoms with E-state index in [1.807, 2.05) is 0 Å². The van der Waals surface area contributed by atoms with Crippen LogP contribution in [-0.4, -0.2) is 58.1 Å². The molecular formula is C19H25N3O2. The number of hydrogen-bond acceptors (Lipinski definition) is 3. The van der Waals surface area contributed by atoms with Crippen LogP contribution in [0.5, 0.6) is 0 Å². The van der Waals surface area contributed by atoms with Gasteiger partial charge in [-0.3, -0.25) is 9.69 Å². The average Bonchev–Trinajstić information content (AvgIpc) is 2.92. The summed E-state index contributed by atoms with van der Waals surface area (Å²) in [7, 11) is 1.78. The molecule has 2 aliphatic heterocycles. The van der Waals surface area contributed by atoms with Crippen molar-refractivity contribution < 1.29 is 9.90 Å². The first kappa shape index (κ1) is 15.7. The predicted octanol–water partition coefficient (Wildman–Crippen LogP) is 1.82. The molecule has 1 aromatic heterocycles. The largest absolute Gasteiger partial charge is 0.379 e. The Hall–Kier alpha value is -1.85. The Bertz CT molecular complexity index is 797. The number of carbonyl (C=O) groups is 1. The number of aromatic amines is 1. The summed E-state index contributed by atoms with van der Waals surface area (Å²) in [5.41, 5.74) is 3.87. The van der Waals surface area contributed by atoms with Crippen LogP contribution in [0.3, 0.4) is 0 Å². The normalized spacial score (nSPS) is 25.3. The van der Waals surface area contributed by atoms with Crippen molar-refractivity contribution in [2.24, 2.45) is 0 Å². The minimum atomic E-state index is -1.23. The van der Waals surface area contributed by atoms with Crippen molar-refractivity contribution >= 4 is 16.8 Å². The van der Waals surface area contributed by atoms with Gasteiger partial charge < -0.3 is 15.0 Å². The standard InChI is InChI=1S/C19H25N3O2/c1-13-5-3-6-14-15-11-22(10-7-16(15)20-17(13)14)12-19(24)8-4-9-21(2)18(19)23/h3,5-6,20,24H,4,7-12H2,1-2H3/t19-/m0/s1. The average molecular weight is 327 g/mol. The van der Waals surface area contributed by atoms with Crippen LogP contribution in [0.15, 0.2) is 18.2 Å². The molecule has 0 saturated carbocycles. The third-order valence-electron chi connectivity index (χ3n) is 5.61. The van der Waals surface area contributed by atoms with E-state index in [2.05, 4.69) is 35.0 Å². The second kappa shape index (κ2) is 5.60. The molecular weight excluding hydrogens is 302 g/mol. The summed E-state index contributed by atoms with van der Waals surface area (Å²) in [6, 6.07) is 6.38. The fourth-order valence-corrected chi connectivity index (χ4v) is 4.26. The van der Waals surface area contributed by atoms with Crippen LogP contribution >= 0.6 is 0 Å². The first-order chi connectivity index (χ1) is 11.5. The predicted molar refractivity (Wildman–Crippen MR) is 93.8 cm³/mol. The van der Waals surface area contributed by atoms with E-state index < -0.39 is 5.60 Å². The fraction of sp³-hybridized carbons (Fsp3) is 0.526. The number of para-hydroxylation sites is 1.